The molecule has 0 aliphatic heterocycles. The van der Waals surface area contributed by atoms with Gasteiger partial charge in [0.05, 0.1) is 0 Å². The molecule has 4 unspecified atom stereocenters. The molecule has 1 aromatic rings. The van der Waals surface area contributed by atoms with Crippen molar-refractivity contribution in [2.24, 2.45) is 23.5 Å². The van der Waals surface area contributed by atoms with E-state index in [4.69, 9.17) is 5.73 Å². The van der Waals surface area contributed by atoms with Crippen molar-refractivity contribution in [2.45, 2.75) is 44.6 Å². The van der Waals surface area contributed by atoms with Gasteiger partial charge in [-0.3, -0.25) is 4.98 Å². The lowest BCUT2D eigenvalue weighted by molar-refractivity contribution is 0.463. The van der Waals surface area contributed by atoms with Crippen molar-refractivity contribution in [3.63, 3.8) is 0 Å². The van der Waals surface area contributed by atoms with Gasteiger partial charge in [-0.05, 0) is 42.7 Å². The highest BCUT2D eigenvalue weighted by atomic mass is 14.8. The van der Waals surface area contributed by atoms with E-state index in [1.807, 2.05) is 12.3 Å². The van der Waals surface area contributed by atoms with Crippen LogP contribution in [-0.4, -0.2) is 11.0 Å². The van der Waals surface area contributed by atoms with Crippen molar-refractivity contribution in [1.29, 1.82) is 0 Å². The number of hydrogen-bond donors (Lipinski definition) is 1. The predicted molar refractivity (Wildman–Crippen MR) is 69.6 cm³/mol. The highest BCUT2D eigenvalue weighted by Crippen LogP contribution is 2.58. The third-order valence-corrected chi connectivity index (χ3v) is 4.90. The summed E-state index contributed by atoms with van der Waals surface area (Å²) >= 11 is 0. The minimum Gasteiger partial charge on any atom is -0.327 e. The molecule has 2 saturated carbocycles. The molecule has 3 rings (SSSR count). The highest BCUT2D eigenvalue weighted by Gasteiger charge is 2.54. The number of aromatic nitrogens is 1. The zero-order chi connectivity index (χ0) is 11.8. The smallest absolute Gasteiger partial charge is 0.0447 e. The second-order valence-corrected chi connectivity index (χ2v) is 5.81. The van der Waals surface area contributed by atoms with Gasteiger partial charge in [-0.25, -0.2) is 0 Å². The van der Waals surface area contributed by atoms with Crippen molar-refractivity contribution in [3.8, 4) is 0 Å². The van der Waals surface area contributed by atoms with Crippen LogP contribution in [0.1, 0.15) is 44.2 Å². The average Bonchev–Trinajstić information content (AvgIpc) is 3.12. The molecule has 2 aliphatic rings. The Labute approximate surface area is 104 Å². The Morgan fingerprint density at radius 3 is 2.53 bits per heavy atom. The molecule has 0 radical (unpaired) electrons. The Bertz CT molecular complexity index is 364. The van der Waals surface area contributed by atoms with E-state index in [-0.39, 0.29) is 0 Å². The first-order chi connectivity index (χ1) is 8.29. The van der Waals surface area contributed by atoms with Crippen molar-refractivity contribution in [2.75, 3.05) is 0 Å². The fourth-order valence-electron chi connectivity index (χ4n) is 3.79. The minimum atomic E-state index is 0.304. The SMILES string of the molecule is CC(c1ccccn1)C(N)C1C2CCCCC21. The number of nitrogens with two attached hydrogens (primary N) is 1. The van der Waals surface area contributed by atoms with Crippen LogP contribution in [-0.2, 0) is 0 Å². The van der Waals surface area contributed by atoms with Crippen LogP contribution in [0.4, 0.5) is 0 Å². The summed E-state index contributed by atoms with van der Waals surface area (Å²) in [6.07, 6.45) is 7.54. The molecule has 2 aliphatic carbocycles. The Morgan fingerprint density at radius 1 is 1.24 bits per heavy atom. The maximum Gasteiger partial charge on any atom is 0.0447 e. The third kappa shape index (κ3) is 1.99. The summed E-state index contributed by atoms with van der Waals surface area (Å²) in [7, 11) is 0. The summed E-state index contributed by atoms with van der Waals surface area (Å²) in [5.41, 5.74) is 7.63. The first-order valence-corrected chi connectivity index (χ1v) is 6.95. The average molecular weight is 230 g/mol. The lowest BCUT2D eigenvalue weighted by atomic mass is 9.93. The largest absolute Gasteiger partial charge is 0.327 e. The molecule has 0 amide bonds. The topological polar surface area (TPSA) is 38.9 Å². The van der Waals surface area contributed by atoms with E-state index in [2.05, 4.69) is 24.0 Å². The fourth-order valence-corrected chi connectivity index (χ4v) is 3.79. The van der Waals surface area contributed by atoms with Crippen LogP contribution in [0.15, 0.2) is 24.4 Å². The van der Waals surface area contributed by atoms with Crippen LogP contribution in [0, 0.1) is 17.8 Å². The molecule has 1 aromatic heterocycles. The van der Waals surface area contributed by atoms with Crippen molar-refractivity contribution in [1.82, 2.24) is 4.98 Å². The van der Waals surface area contributed by atoms with Gasteiger partial charge in [0.25, 0.3) is 0 Å². The van der Waals surface area contributed by atoms with Gasteiger partial charge in [0.1, 0.15) is 0 Å². The van der Waals surface area contributed by atoms with Crippen LogP contribution < -0.4 is 5.73 Å². The second kappa shape index (κ2) is 4.41. The summed E-state index contributed by atoms with van der Waals surface area (Å²) in [5.74, 6) is 3.04. The van der Waals surface area contributed by atoms with Crippen LogP contribution in [0.5, 0.6) is 0 Å². The first kappa shape index (κ1) is 11.2. The zero-order valence-corrected chi connectivity index (χ0v) is 10.5. The molecule has 2 fully saturated rings. The number of nitrogens with zero attached hydrogens (tertiary/aromatic N) is 1. The van der Waals surface area contributed by atoms with Gasteiger partial charge in [0, 0.05) is 23.9 Å². The molecule has 0 spiro atoms. The third-order valence-electron chi connectivity index (χ3n) is 4.90. The highest BCUT2D eigenvalue weighted by molar-refractivity contribution is 5.15. The van der Waals surface area contributed by atoms with E-state index in [0.717, 1.165) is 23.4 Å². The van der Waals surface area contributed by atoms with E-state index in [9.17, 15) is 0 Å². The molecule has 0 aromatic carbocycles. The van der Waals surface area contributed by atoms with Crippen LogP contribution in [0.2, 0.25) is 0 Å². The summed E-state index contributed by atoms with van der Waals surface area (Å²) < 4.78 is 0. The van der Waals surface area contributed by atoms with Gasteiger partial charge < -0.3 is 5.73 Å². The van der Waals surface area contributed by atoms with E-state index in [1.165, 1.54) is 25.7 Å². The maximum absolute atomic E-state index is 6.47. The second-order valence-electron chi connectivity index (χ2n) is 5.81. The van der Waals surface area contributed by atoms with Crippen LogP contribution in [0.3, 0.4) is 0 Å². The standard InChI is InChI=1S/C15H22N2/c1-10(13-8-4-5-9-17-13)15(16)14-11-6-2-3-7-12(11)14/h4-5,8-12,14-15H,2-3,6-7,16H2,1H3. The molecule has 2 N–H and O–H groups in total. The number of pyridine rings is 1. The molecular weight excluding hydrogens is 208 g/mol. The van der Waals surface area contributed by atoms with Gasteiger partial charge >= 0.3 is 0 Å². The van der Waals surface area contributed by atoms with Crippen molar-refractivity contribution < 1.29 is 0 Å². The zero-order valence-electron chi connectivity index (χ0n) is 10.5. The Hall–Kier alpha value is -0.890. The van der Waals surface area contributed by atoms with Crippen LogP contribution >= 0.6 is 0 Å². The number of fused-ring (bicyclic) bond motifs is 1. The summed E-state index contributed by atoms with van der Waals surface area (Å²) in [5, 5.41) is 0. The quantitative estimate of drug-likeness (QED) is 0.867. The van der Waals surface area contributed by atoms with Gasteiger partial charge in [0.15, 0.2) is 0 Å². The normalized spacial score (nSPS) is 34.8. The van der Waals surface area contributed by atoms with Gasteiger partial charge in [0.2, 0.25) is 0 Å². The fraction of sp³-hybridized carbons (Fsp3) is 0.667. The first-order valence-electron chi connectivity index (χ1n) is 6.95. The van der Waals surface area contributed by atoms with Gasteiger partial charge in [-0.15, -0.1) is 0 Å². The number of hydrogen-bond acceptors (Lipinski definition) is 2. The molecule has 2 nitrogen and oxygen atoms in total. The Kier molecular flexibility index (Phi) is 2.91. The number of rotatable bonds is 3. The lowest BCUT2D eigenvalue weighted by Crippen LogP contribution is -2.30. The van der Waals surface area contributed by atoms with Crippen molar-refractivity contribution in [3.05, 3.63) is 30.1 Å². The maximum atomic E-state index is 6.47. The lowest BCUT2D eigenvalue weighted by Gasteiger charge is -2.19. The molecule has 4 atom stereocenters. The van der Waals surface area contributed by atoms with Gasteiger partial charge in [-0.1, -0.05) is 25.8 Å². The monoisotopic (exact) mass is 230 g/mol. The molecule has 2 heteroatoms. The van der Waals surface area contributed by atoms with Crippen LogP contribution in [0.25, 0.3) is 0 Å². The van der Waals surface area contributed by atoms with E-state index in [1.54, 1.807) is 0 Å². The Morgan fingerprint density at radius 2 is 1.94 bits per heavy atom. The van der Waals surface area contributed by atoms with Gasteiger partial charge in [-0.2, -0.15) is 0 Å². The molecule has 17 heavy (non-hydrogen) atoms. The summed E-state index contributed by atoms with van der Waals surface area (Å²) in [6, 6.07) is 6.44. The van der Waals surface area contributed by atoms with E-state index in [0.29, 0.717) is 12.0 Å². The molecule has 0 bridgehead atoms. The summed E-state index contributed by atoms with van der Waals surface area (Å²) in [4.78, 5) is 4.45. The molecule has 1 heterocycles. The van der Waals surface area contributed by atoms with E-state index < -0.39 is 0 Å². The molecule has 0 saturated heterocycles. The predicted octanol–water partition coefficient (Wildman–Crippen LogP) is 2.95. The van der Waals surface area contributed by atoms with E-state index >= 15 is 0 Å². The van der Waals surface area contributed by atoms with Crippen molar-refractivity contribution >= 4 is 0 Å². The Balaban J connectivity index is 1.69. The summed E-state index contributed by atoms with van der Waals surface area (Å²) in [6.45, 7) is 2.23. The molecule has 92 valence electrons. The molecular formula is C15H22N2. The minimum absolute atomic E-state index is 0.304.